The minimum atomic E-state index is -0.129. The highest BCUT2D eigenvalue weighted by molar-refractivity contribution is 7.11. The summed E-state index contributed by atoms with van der Waals surface area (Å²) in [6.45, 7) is 8.74. The standard InChI is InChI=1S/C18H29N3OS/c1-13(2)20-9-5-14-15(11-20)23-17(19-14)12-21-10-6-16(22)18(21)7-3-4-8-18/h13,16,22H,3-12H2,1-2H3/t16-/m0/s1. The molecule has 3 aliphatic rings. The van der Waals surface area contributed by atoms with Gasteiger partial charge in [0.1, 0.15) is 5.01 Å². The van der Waals surface area contributed by atoms with E-state index >= 15 is 0 Å². The van der Waals surface area contributed by atoms with Crippen LogP contribution in [0.4, 0.5) is 0 Å². The number of hydrogen-bond acceptors (Lipinski definition) is 5. The molecule has 5 heteroatoms. The topological polar surface area (TPSA) is 39.6 Å². The average Bonchev–Trinajstić information content (AvgIpc) is 3.22. The molecule has 2 aliphatic heterocycles. The Morgan fingerprint density at radius 3 is 2.83 bits per heavy atom. The minimum absolute atomic E-state index is 0.0656. The third kappa shape index (κ3) is 2.76. The number of thiazole rings is 1. The molecular formula is C18H29N3OS. The van der Waals surface area contributed by atoms with Crippen molar-refractivity contribution in [3.63, 3.8) is 0 Å². The van der Waals surface area contributed by atoms with Gasteiger partial charge in [-0.3, -0.25) is 9.80 Å². The smallest absolute Gasteiger partial charge is 0.107 e. The Balaban J connectivity index is 1.50. The average molecular weight is 336 g/mol. The second-order valence-corrected chi connectivity index (χ2v) is 9.00. The van der Waals surface area contributed by atoms with Gasteiger partial charge in [0, 0.05) is 42.5 Å². The predicted octanol–water partition coefficient (Wildman–Crippen LogP) is 2.79. The fourth-order valence-corrected chi connectivity index (χ4v) is 5.95. The molecule has 128 valence electrons. The van der Waals surface area contributed by atoms with E-state index in [-0.39, 0.29) is 11.6 Å². The Morgan fingerprint density at radius 1 is 1.30 bits per heavy atom. The van der Waals surface area contributed by atoms with Crippen LogP contribution < -0.4 is 0 Å². The summed E-state index contributed by atoms with van der Waals surface area (Å²) in [6, 6.07) is 0.615. The Bertz CT molecular complexity index is 565. The Morgan fingerprint density at radius 2 is 2.09 bits per heavy atom. The number of likely N-dealkylation sites (tertiary alicyclic amines) is 1. The zero-order valence-electron chi connectivity index (χ0n) is 14.4. The molecule has 1 N–H and O–H groups in total. The fraction of sp³-hybridized carbons (Fsp3) is 0.833. The van der Waals surface area contributed by atoms with Crippen molar-refractivity contribution in [2.45, 2.75) is 83.1 Å². The Hall–Kier alpha value is -0.490. The van der Waals surface area contributed by atoms with Crippen LogP contribution in [0.3, 0.4) is 0 Å². The monoisotopic (exact) mass is 335 g/mol. The molecule has 4 nitrogen and oxygen atoms in total. The molecule has 0 radical (unpaired) electrons. The third-order valence-corrected chi connectivity index (χ3v) is 7.32. The Labute approximate surface area is 143 Å². The van der Waals surface area contributed by atoms with E-state index in [4.69, 9.17) is 4.98 Å². The highest BCUT2D eigenvalue weighted by atomic mass is 32.1. The maximum absolute atomic E-state index is 10.5. The molecule has 1 aliphatic carbocycles. The van der Waals surface area contributed by atoms with Crippen molar-refractivity contribution in [1.29, 1.82) is 0 Å². The van der Waals surface area contributed by atoms with Gasteiger partial charge in [-0.1, -0.05) is 12.8 Å². The predicted molar refractivity (Wildman–Crippen MR) is 93.6 cm³/mol. The van der Waals surface area contributed by atoms with Gasteiger partial charge < -0.3 is 5.11 Å². The number of aliphatic hydroxyl groups is 1. The Kier molecular flexibility index (Phi) is 4.25. The van der Waals surface area contributed by atoms with Crippen LogP contribution in [0.25, 0.3) is 0 Å². The second-order valence-electron chi connectivity index (χ2n) is 7.83. The lowest BCUT2D eigenvalue weighted by Crippen LogP contribution is -2.47. The van der Waals surface area contributed by atoms with Crippen LogP contribution in [-0.2, 0) is 19.5 Å². The van der Waals surface area contributed by atoms with Crippen molar-refractivity contribution >= 4 is 11.3 Å². The van der Waals surface area contributed by atoms with E-state index in [0.717, 1.165) is 39.0 Å². The van der Waals surface area contributed by atoms with Crippen molar-refractivity contribution in [3.8, 4) is 0 Å². The molecular weight excluding hydrogens is 306 g/mol. The van der Waals surface area contributed by atoms with E-state index < -0.39 is 0 Å². The van der Waals surface area contributed by atoms with Crippen molar-refractivity contribution in [2.24, 2.45) is 0 Å². The molecule has 0 aromatic carbocycles. The lowest BCUT2D eigenvalue weighted by molar-refractivity contribution is 0.0277. The molecule has 0 bridgehead atoms. The first-order valence-corrected chi connectivity index (χ1v) is 10.0. The van der Waals surface area contributed by atoms with Gasteiger partial charge >= 0.3 is 0 Å². The molecule has 23 heavy (non-hydrogen) atoms. The highest BCUT2D eigenvalue weighted by Crippen LogP contribution is 2.44. The maximum atomic E-state index is 10.5. The van der Waals surface area contributed by atoms with E-state index in [1.807, 2.05) is 11.3 Å². The van der Waals surface area contributed by atoms with E-state index in [1.54, 1.807) is 0 Å². The van der Waals surface area contributed by atoms with Crippen LogP contribution in [0.2, 0.25) is 0 Å². The summed E-state index contributed by atoms with van der Waals surface area (Å²) in [6.07, 6.45) is 6.78. The first-order valence-electron chi connectivity index (χ1n) is 9.23. The molecule has 1 aromatic rings. The molecule has 3 heterocycles. The second kappa shape index (κ2) is 6.10. The SMILES string of the molecule is CC(C)N1CCc2nc(CN3CC[C@H](O)C34CCCC4)sc2C1. The summed E-state index contributed by atoms with van der Waals surface area (Å²) < 4.78 is 0. The number of fused-ring (bicyclic) bond motifs is 1. The lowest BCUT2D eigenvalue weighted by atomic mass is 9.91. The van der Waals surface area contributed by atoms with E-state index in [2.05, 4.69) is 23.6 Å². The summed E-state index contributed by atoms with van der Waals surface area (Å²) in [4.78, 5) is 11.5. The van der Waals surface area contributed by atoms with Crippen LogP contribution in [0.1, 0.15) is 61.5 Å². The molecule has 0 unspecified atom stereocenters. The maximum Gasteiger partial charge on any atom is 0.107 e. The summed E-state index contributed by atoms with van der Waals surface area (Å²) in [5.74, 6) is 0. The van der Waals surface area contributed by atoms with Gasteiger partial charge in [0.15, 0.2) is 0 Å². The number of aliphatic hydroxyl groups excluding tert-OH is 1. The number of hydrogen-bond donors (Lipinski definition) is 1. The van der Waals surface area contributed by atoms with E-state index in [0.29, 0.717) is 6.04 Å². The quantitative estimate of drug-likeness (QED) is 0.922. The van der Waals surface area contributed by atoms with Gasteiger partial charge in [-0.15, -0.1) is 11.3 Å². The molecule has 4 rings (SSSR count). The third-order valence-electron chi connectivity index (χ3n) is 6.25. The highest BCUT2D eigenvalue weighted by Gasteiger charge is 2.49. The normalized spacial score (nSPS) is 28.1. The molecule has 0 amide bonds. The van der Waals surface area contributed by atoms with Gasteiger partial charge in [0.25, 0.3) is 0 Å². The first-order chi connectivity index (χ1) is 11.1. The van der Waals surface area contributed by atoms with Crippen LogP contribution in [-0.4, -0.2) is 50.7 Å². The van der Waals surface area contributed by atoms with Crippen molar-refractivity contribution in [3.05, 3.63) is 15.6 Å². The van der Waals surface area contributed by atoms with Crippen molar-refractivity contribution < 1.29 is 5.11 Å². The molecule has 2 fully saturated rings. The van der Waals surface area contributed by atoms with Crippen LogP contribution >= 0.6 is 11.3 Å². The molecule has 1 atom stereocenters. The van der Waals surface area contributed by atoms with Crippen LogP contribution in [0.5, 0.6) is 0 Å². The summed E-state index contributed by atoms with van der Waals surface area (Å²) >= 11 is 1.91. The van der Waals surface area contributed by atoms with Gasteiger partial charge in [-0.2, -0.15) is 0 Å². The van der Waals surface area contributed by atoms with E-state index in [9.17, 15) is 5.11 Å². The molecule has 1 saturated heterocycles. The van der Waals surface area contributed by atoms with Gasteiger partial charge in [0.05, 0.1) is 18.3 Å². The number of rotatable bonds is 3. The van der Waals surface area contributed by atoms with Crippen LogP contribution in [0.15, 0.2) is 0 Å². The van der Waals surface area contributed by atoms with Gasteiger partial charge in [-0.25, -0.2) is 4.98 Å². The van der Waals surface area contributed by atoms with E-state index in [1.165, 1.54) is 41.3 Å². The number of nitrogens with zero attached hydrogens (tertiary/aromatic N) is 3. The first kappa shape index (κ1) is 16.0. The number of aromatic nitrogens is 1. The van der Waals surface area contributed by atoms with Crippen molar-refractivity contribution in [1.82, 2.24) is 14.8 Å². The summed E-state index contributed by atoms with van der Waals surface area (Å²) in [7, 11) is 0. The minimum Gasteiger partial charge on any atom is -0.391 e. The fourth-order valence-electron chi connectivity index (χ4n) is 4.79. The van der Waals surface area contributed by atoms with Gasteiger partial charge in [-0.05, 0) is 33.1 Å². The van der Waals surface area contributed by atoms with Gasteiger partial charge in [0.2, 0.25) is 0 Å². The zero-order chi connectivity index (χ0) is 16.0. The lowest BCUT2D eigenvalue weighted by Gasteiger charge is -2.36. The molecule has 1 aromatic heterocycles. The molecule has 1 spiro atoms. The van der Waals surface area contributed by atoms with Crippen molar-refractivity contribution in [2.75, 3.05) is 13.1 Å². The van der Waals surface area contributed by atoms with Crippen LogP contribution in [0, 0.1) is 0 Å². The zero-order valence-corrected chi connectivity index (χ0v) is 15.2. The summed E-state index contributed by atoms with van der Waals surface area (Å²) in [5.41, 5.74) is 1.40. The summed E-state index contributed by atoms with van der Waals surface area (Å²) in [5, 5.41) is 11.8. The molecule has 1 saturated carbocycles. The largest absolute Gasteiger partial charge is 0.391 e.